The maximum absolute atomic E-state index is 14.0. The van der Waals surface area contributed by atoms with E-state index in [1.165, 1.54) is 15.9 Å². The minimum atomic E-state index is -0.814. The number of thiazole rings is 1. The highest BCUT2D eigenvalue weighted by Crippen LogP contribution is 2.36. The number of hydrogen-bond acceptors (Lipinski definition) is 10. The van der Waals surface area contributed by atoms with Gasteiger partial charge in [0.2, 0.25) is 0 Å². The van der Waals surface area contributed by atoms with E-state index in [1.807, 2.05) is 19.9 Å². The number of nitrogens with zero attached hydrogens (tertiary/aromatic N) is 3. The summed E-state index contributed by atoms with van der Waals surface area (Å²) in [6.45, 7) is 12.0. The van der Waals surface area contributed by atoms with Crippen molar-refractivity contribution in [2.45, 2.75) is 33.7 Å². The number of hydrogen-bond donors (Lipinski definition) is 0. The van der Waals surface area contributed by atoms with Gasteiger partial charge in [0.05, 0.1) is 41.7 Å². The first-order valence-electron chi connectivity index (χ1n) is 13.8. The molecule has 0 radical (unpaired) electrons. The van der Waals surface area contributed by atoms with Gasteiger partial charge in [-0.15, -0.1) is 0 Å². The van der Waals surface area contributed by atoms with E-state index in [4.69, 9.17) is 28.9 Å². The molecule has 0 bridgehead atoms. The molecule has 1 aromatic heterocycles. The van der Waals surface area contributed by atoms with Gasteiger partial charge in [0.15, 0.2) is 34.4 Å². The standard InChI is InChI=1S/C32H33N3O7S/c1-6-15-41-24-13-11-22(19-26(24)39-8-3)29-28(31(37)40-9-4)20(5)34-32-35(29)30(36)27(43-32)18-21-10-12-23(42-16-14-33)25(17-21)38-7-2/h6,10-13,17-19,29H,1,7-9,15-16H2,2-5H3. The van der Waals surface area contributed by atoms with Crippen LogP contribution in [0.15, 0.2) is 70.1 Å². The van der Waals surface area contributed by atoms with Crippen molar-refractivity contribution in [3.05, 3.63) is 91.1 Å². The Morgan fingerprint density at radius 3 is 2.40 bits per heavy atom. The van der Waals surface area contributed by atoms with Crippen LogP contribution in [-0.4, -0.2) is 43.6 Å². The average Bonchev–Trinajstić information content (AvgIpc) is 3.29. The number of carbonyl (C=O) groups excluding carboxylic acids is 1. The summed E-state index contributed by atoms with van der Waals surface area (Å²) in [4.78, 5) is 32.4. The van der Waals surface area contributed by atoms with Gasteiger partial charge in [0.25, 0.3) is 5.56 Å². The fourth-order valence-electron chi connectivity index (χ4n) is 4.60. The van der Waals surface area contributed by atoms with E-state index < -0.39 is 12.0 Å². The van der Waals surface area contributed by atoms with Gasteiger partial charge in [0.1, 0.15) is 12.7 Å². The predicted molar refractivity (Wildman–Crippen MR) is 162 cm³/mol. The molecular weight excluding hydrogens is 570 g/mol. The zero-order valence-electron chi connectivity index (χ0n) is 24.5. The zero-order chi connectivity index (χ0) is 30.9. The van der Waals surface area contributed by atoms with Crippen LogP contribution in [0, 0.1) is 11.3 Å². The molecule has 11 heteroatoms. The Bertz CT molecular complexity index is 1760. The van der Waals surface area contributed by atoms with Crippen LogP contribution in [0.2, 0.25) is 0 Å². The second kappa shape index (κ2) is 14.4. The minimum Gasteiger partial charge on any atom is -0.490 e. The lowest BCUT2D eigenvalue weighted by Gasteiger charge is -2.25. The number of allylic oxidation sites excluding steroid dienone is 1. The molecular formula is C32H33N3O7S. The van der Waals surface area contributed by atoms with Crippen molar-refractivity contribution in [3.63, 3.8) is 0 Å². The number of carbonyl (C=O) groups is 1. The molecule has 0 aliphatic carbocycles. The Morgan fingerprint density at radius 2 is 1.72 bits per heavy atom. The maximum Gasteiger partial charge on any atom is 0.338 e. The van der Waals surface area contributed by atoms with E-state index in [0.29, 0.717) is 69.0 Å². The summed E-state index contributed by atoms with van der Waals surface area (Å²) in [5, 5.41) is 8.89. The summed E-state index contributed by atoms with van der Waals surface area (Å²) in [5.41, 5.74) is 1.73. The van der Waals surface area contributed by atoms with Crippen molar-refractivity contribution in [1.29, 1.82) is 5.26 Å². The quantitative estimate of drug-likeness (QED) is 0.212. The molecule has 0 N–H and O–H groups in total. The molecule has 2 aromatic carbocycles. The first-order chi connectivity index (χ1) is 20.9. The molecule has 1 aliphatic heterocycles. The smallest absolute Gasteiger partial charge is 0.338 e. The predicted octanol–water partition coefficient (Wildman–Crippen LogP) is 4.06. The minimum absolute atomic E-state index is 0.119. The third-order valence-corrected chi connectivity index (χ3v) is 7.30. The maximum atomic E-state index is 14.0. The molecule has 4 rings (SSSR count). The highest BCUT2D eigenvalue weighted by molar-refractivity contribution is 7.07. The SMILES string of the molecule is C=CCOc1ccc(C2C(C(=O)OCC)=C(C)N=c3sc(=Cc4ccc(OCC#N)c(OCC)c4)c(=O)n32)cc1OCC. The van der Waals surface area contributed by atoms with Gasteiger partial charge in [-0.1, -0.05) is 36.1 Å². The summed E-state index contributed by atoms with van der Waals surface area (Å²) in [6, 6.07) is 11.7. The average molecular weight is 604 g/mol. The summed E-state index contributed by atoms with van der Waals surface area (Å²) >= 11 is 1.21. The molecule has 3 aromatic rings. The van der Waals surface area contributed by atoms with Crippen LogP contribution in [0.3, 0.4) is 0 Å². The first-order valence-corrected chi connectivity index (χ1v) is 14.6. The number of fused-ring (bicyclic) bond motifs is 1. The van der Waals surface area contributed by atoms with E-state index in [1.54, 1.807) is 62.4 Å². The fraction of sp³-hybridized carbons (Fsp3) is 0.312. The summed E-state index contributed by atoms with van der Waals surface area (Å²) in [5.74, 6) is 1.33. The van der Waals surface area contributed by atoms with Crippen LogP contribution >= 0.6 is 11.3 Å². The van der Waals surface area contributed by atoms with Gasteiger partial charge in [-0.05, 0) is 69.2 Å². The third-order valence-electron chi connectivity index (χ3n) is 6.31. The van der Waals surface area contributed by atoms with E-state index in [-0.39, 0.29) is 24.3 Å². The second-order valence-corrected chi connectivity index (χ2v) is 10.1. The first kappa shape index (κ1) is 31.1. The summed E-state index contributed by atoms with van der Waals surface area (Å²) in [6.07, 6.45) is 3.37. The molecule has 0 saturated carbocycles. The Balaban J connectivity index is 1.89. The van der Waals surface area contributed by atoms with Crippen LogP contribution in [0.25, 0.3) is 6.08 Å². The molecule has 0 fully saturated rings. The lowest BCUT2D eigenvalue weighted by atomic mass is 9.95. The van der Waals surface area contributed by atoms with E-state index in [9.17, 15) is 9.59 Å². The fourth-order valence-corrected chi connectivity index (χ4v) is 5.65. The molecule has 0 spiro atoms. The van der Waals surface area contributed by atoms with Crippen LogP contribution in [0.5, 0.6) is 23.0 Å². The summed E-state index contributed by atoms with van der Waals surface area (Å²) < 4.78 is 30.1. The highest BCUT2D eigenvalue weighted by atomic mass is 32.1. The lowest BCUT2D eigenvalue weighted by molar-refractivity contribution is -0.139. The van der Waals surface area contributed by atoms with Gasteiger partial charge in [-0.3, -0.25) is 9.36 Å². The monoisotopic (exact) mass is 603 g/mol. The lowest BCUT2D eigenvalue weighted by Crippen LogP contribution is -2.40. The van der Waals surface area contributed by atoms with Gasteiger partial charge < -0.3 is 23.7 Å². The van der Waals surface area contributed by atoms with Crippen LogP contribution < -0.4 is 33.8 Å². The number of aromatic nitrogens is 1. The highest BCUT2D eigenvalue weighted by Gasteiger charge is 2.34. The van der Waals surface area contributed by atoms with Crippen LogP contribution in [0.4, 0.5) is 0 Å². The number of benzene rings is 2. The molecule has 2 heterocycles. The van der Waals surface area contributed by atoms with Crippen molar-refractivity contribution in [3.8, 4) is 29.1 Å². The number of nitriles is 1. The van der Waals surface area contributed by atoms with Gasteiger partial charge in [-0.25, -0.2) is 9.79 Å². The molecule has 1 atom stereocenters. The Kier molecular flexibility index (Phi) is 10.4. The number of ether oxygens (including phenoxy) is 5. The normalized spacial score (nSPS) is 14.3. The third kappa shape index (κ3) is 6.81. The van der Waals surface area contributed by atoms with Crippen molar-refractivity contribution in [1.82, 2.24) is 4.57 Å². The van der Waals surface area contributed by atoms with E-state index >= 15 is 0 Å². The summed E-state index contributed by atoms with van der Waals surface area (Å²) in [7, 11) is 0. The van der Waals surface area contributed by atoms with E-state index in [0.717, 1.165) is 0 Å². The van der Waals surface area contributed by atoms with E-state index in [2.05, 4.69) is 11.6 Å². The van der Waals surface area contributed by atoms with Gasteiger partial charge in [-0.2, -0.15) is 5.26 Å². The molecule has 1 unspecified atom stereocenters. The molecule has 224 valence electrons. The zero-order valence-corrected chi connectivity index (χ0v) is 25.4. The Morgan fingerprint density at radius 1 is 1.02 bits per heavy atom. The van der Waals surface area contributed by atoms with Crippen molar-refractivity contribution in [2.75, 3.05) is 33.0 Å². The van der Waals surface area contributed by atoms with Crippen molar-refractivity contribution >= 4 is 23.4 Å². The molecule has 0 amide bonds. The molecule has 43 heavy (non-hydrogen) atoms. The Labute approximate surface area is 253 Å². The Hall–Kier alpha value is -4.82. The topological polar surface area (TPSA) is 121 Å². The molecule has 0 saturated heterocycles. The largest absolute Gasteiger partial charge is 0.490 e. The van der Waals surface area contributed by atoms with Gasteiger partial charge in [0, 0.05) is 0 Å². The number of esters is 1. The number of rotatable bonds is 13. The van der Waals surface area contributed by atoms with Gasteiger partial charge >= 0.3 is 5.97 Å². The van der Waals surface area contributed by atoms with Crippen molar-refractivity contribution < 1.29 is 28.5 Å². The molecule has 1 aliphatic rings. The van der Waals surface area contributed by atoms with Crippen molar-refractivity contribution in [2.24, 2.45) is 4.99 Å². The van der Waals surface area contributed by atoms with Crippen LogP contribution in [0.1, 0.15) is 44.9 Å². The van der Waals surface area contributed by atoms with Crippen LogP contribution in [-0.2, 0) is 9.53 Å². The molecule has 10 nitrogen and oxygen atoms in total. The second-order valence-electron chi connectivity index (χ2n) is 9.13.